The molecule has 1 spiro atoms. The van der Waals surface area contributed by atoms with Crippen LogP contribution in [0.25, 0.3) is 5.69 Å². The average molecular weight is 381 g/mol. The third-order valence-electron chi connectivity index (χ3n) is 6.19. The molecule has 28 heavy (non-hydrogen) atoms. The van der Waals surface area contributed by atoms with Gasteiger partial charge in [-0.2, -0.15) is 5.10 Å². The molecule has 1 aromatic carbocycles. The van der Waals surface area contributed by atoms with Crippen molar-refractivity contribution in [1.82, 2.24) is 14.7 Å². The Balaban J connectivity index is 1.38. The number of aromatic nitrogens is 2. The first kappa shape index (κ1) is 17.4. The number of fused-ring (bicyclic) bond motifs is 1. The summed E-state index contributed by atoms with van der Waals surface area (Å²) in [6, 6.07) is 9.34. The van der Waals surface area contributed by atoms with Crippen LogP contribution in [-0.4, -0.2) is 57.8 Å². The predicted octanol–water partition coefficient (Wildman–Crippen LogP) is 0.775. The van der Waals surface area contributed by atoms with Gasteiger partial charge in [-0.05, 0) is 37.1 Å². The zero-order chi connectivity index (χ0) is 19.3. The SMILES string of the molecule is NCCN1C[C@]23CC[C@H](O2)[C@H](C(=O)Nc2cccc(-n4cccn4)c2)[C@@H]3C1=O. The smallest absolute Gasteiger partial charge is 0.231 e. The van der Waals surface area contributed by atoms with Gasteiger partial charge in [0.2, 0.25) is 11.8 Å². The molecule has 3 aliphatic rings. The fraction of sp³-hybridized carbons (Fsp3) is 0.450. The maximum Gasteiger partial charge on any atom is 0.231 e. The minimum atomic E-state index is -0.518. The molecular formula is C20H23N5O3. The molecule has 0 saturated carbocycles. The second-order valence-corrected chi connectivity index (χ2v) is 7.80. The normalized spacial score (nSPS) is 30.7. The van der Waals surface area contributed by atoms with Gasteiger partial charge in [0.05, 0.1) is 35.8 Å². The molecule has 4 atom stereocenters. The number of hydrogen-bond donors (Lipinski definition) is 2. The third-order valence-corrected chi connectivity index (χ3v) is 6.19. The molecule has 2 amide bonds. The summed E-state index contributed by atoms with van der Waals surface area (Å²) in [5.74, 6) is -1.03. The summed E-state index contributed by atoms with van der Waals surface area (Å²) in [6.45, 7) is 1.46. The number of nitrogens with one attached hydrogen (secondary N) is 1. The zero-order valence-corrected chi connectivity index (χ0v) is 15.5. The number of carbonyl (C=O) groups is 2. The first-order valence-electron chi connectivity index (χ1n) is 9.69. The van der Waals surface area contributed by atoms with E-state index in [1.165, 1.54) is 0 Å². The van der Waals surface area contributed by atoms with Crippen molar-refractivity contribution in [2.45, 2.75) is 24.5 Å². The Kier molecular flexibility index (Phi) is 3.99. The van der Waals surface area contributed by atoms with E-state index in [1.807, 2.05) is 36.5 Å². The van der Waals surface area contributed by atoms with Crippen molar-refractivity contribution in [2.75, 3.05) is 25.0 Å². The van der Waals surface area contributed by atoms with Crippen molar-refractivity contribution in [3.05, 3.63) is 42.7 Å². The highest BCUT2D eigenvalue weighted by Gasteiger charge is 2.68. The van der Waals surface area contributed by atoms with E-state index in [4.69, 9.17) is 10.5 Å². The van der Waals surface area contributed by atoms with Gasteiger partial charge in [-0.15, -0.1) is 0 Å². The number of likely N-dealkylation sites (tertiary alicyclic amines) is 1. The molecule has 3 N–H and O–H groups in total. The summed E-state index contributed by atoms with van der Waals surface area (Å²) in [4.78, 5) is 27.8. The van der Waals surface area contributed by atoms with Crippen LogP contribution in [0.1, 0.15) is 12.8 Å². The van der Waals surface area contributed by atoms with Gasteiger partial charge in [-0.25, -0.2) is 4.68 Å². The van der Waals surface area contributed by atoms with E-state index in [1.54, 1.807) is 15.8 Å². The molecule has 0 unspecified atom stereocenters. The van der Waals surface area contributed by atoms with Crippen LogP contribution in [0.4, 0.5) is 5.69 Å². The molecule has 2 bridgehead atoms. The van der Waals surface area contributed by atoms with E-state index >= 15 is 0 Å². The lowest BCUT2D eigenvalue weighted by molar-refractivity contribution is -0.136. The monoisotopic (exact) mass is 381 g/mol. The summed E-state index contributed by atoms with van der Waals surface area (Å²) >= 11 is 0. The highest BCUT2D eigenvalue weighted by atomic mass is 16.5. The largest absolute Gasteiger partial charge is 0.368 e. The van der Waals surface area contributed by atoms with Crippen molar-refractivity contribution in [2.24, 2.45) is 17.6 Å². The van der Waals surface area contributed by atoms with Crippen molar-refractivity contribution in [3.8, 4) is 5.69 Å². The third kappa shape index (κ3) is 2.56. The molecule has 146 valence electrons. The standard InChI is InChI=1S/C20H23N5O3/c21-7-10-24-12-20-6-5-15(28-20)16(17(20)19(24)27)18(26)23-13-3-1-4-14(11-13)25-9-2-8-22-25/h1-4,8-9,11,15-17H,5-7,10,12,21H2,(H,23,26)/t15-,16-,17+,20-/m0/s1. The number of nitrogens with two attached hydrogens (primary N) is 1. The van der Waals surface area contributed by atoms with Crippen LogP contribution in [-0.2, 0) is 14.3 Å². The van der Waals surface area contributed by atoms with E-state index in [-0.39, 0.29) is 17.9 Å². The molecule has 3 saturated heterocycles. The number of rotatable bonds is 5. The highest BCUT2D eigenvalue weighted by Crippen LogP contribution is 2.55. The van der Waals surface area contributed by atoms with Crippen molar-refractivity contribution in [1.29, 1.82) is 0 Å². The highest BCUT2D eigenvalue weighted by molar-refractivity contribution is 5.98. The molecule has 8 nitrogen and oxygen atoms in total. The second kappa shape index (κ2) is 6.42. The van der Waals surface area contributed by atoms with Crippen LogP contribution in [0.15, 0.2) is 42.7 Å². The average Bonchev–Trinajstić information content (AvgIpc) is 3.45. The number of anilines is 1. The molecule has 1 aromatic heterocycles. The number of nitrogens with zero attached hydrogens (tertiary/aromatic N) is 3. The number of ether oxygens (including phenoxy) is 1. The topological polar surface area (TPSA) is 102 Å². The minimum Gasteiger partial charge on any atom is -0.368 e. The lowest BCUT2D eigenvalue weighted by Gasteiger charge is -2.27. The molecule has 3 aliphatic heterocycles. The number of amides is 2. The zero-order valence-electron chi connectivity index (χ0n) is 15.5. The molecule has 2 aromatic rings. The van der Waals surface area contributed by atoms with Gasteiger partial charge in [0.25, 0.3) is 0 Å². The summed E-state index contributed by atoms with van der Waals surface area (Å²) in [7, 11) is 0. The second-order valence-electron chi connectivity index (χ2n) is 7.80. The predicted molar refractivity (Wildman–Crippen MR) is 102 cm³/mol. The Labute approximate surface area is 162 Å². The fourth-order valence-corrected chi connectivity index (χ4v) is 5.06. The molecule has 3 fully saturated rings. The molecule has 0 aliphatic carbocycles. The molecule has 8 heteroatoms. The summed E-state index contributed by atoms with van der Waals surface area (Å²) in [5, 5.41) is 7.21. The molecule has 0 radical (unpaired) electrons. The van der Waals surface area contributed by atoms with E-state index in [0.717, 1.165) is 18.5 Å². The maximum atomic E-state index is 13.1. The Morgan fingerprint density at radius 1 is 1.39 bits per heavy atom. The molecule has 4 heterocycles. The van der Waals surface area contributed by atoms with Crippen LogP contribution in [0.5, 0.6) is 0 Å². The van der Waals surface area contributed by atoms with Crippen LogP contribution in [0.2, 0.25) is 0 Å². The van der Waals surface area contributed by atoms with E-state index in [9.17, 15) is 9.59 Å². The van der Waals surface area contributed by atoms with Crippen molar-refractivity contribution in [3.63, 3.8) is 0 Å². The first-order valence-corrected chi connectivity index (χ1v) is 9.69. The van der Waals surface area contributed by atoms with Crippen molar-refractivity contribution >= 4 is 17.5 Å². The Morgan fingerprint density at radius 2 is 2.29 bits per heavy atom. The van der Waals surface area contributed by atoms with Crippen LogP contribution in [0.3, 0.4) is 0 Å². The Morgan fingerprint density at radius 3 is 3.07 bits per heavy atom. The van der Waals surface area contributed by atoms with Crippen LogP contribution < -0.4 is 11.1 Å². The van der Waals surface area contributed by atoms with Gasteiger partial charge in [0.1, 0.15) is 0 Å². The van der Waals surface area contributed by atoms with E-state index in [0.29, 0.717) is 25.3 Å². The quantitative estimate of drug-likeness (QED) is 0.797. The molecule has 5 rings (SSSR count). The number of carbonyl (C=O) groups excluding carboxylic acids is 2. The van der Waals surface area contributed by atoms with Gasteiger partial charge in [0.15, 0.2) is 0 Å². The van der Waals surface area contributed by atoms with Gasteiger partial charge in [-0.1, -0.05) is 6.07 Å². The number of benzene rings is 1. The summed E-state index contributed by atoms with van der Waals surface area (Å²) in [6.07, 6.45) is 5.00. The Bertz CT molecular complexity index is 914. The summed E-state index contributed by atoms with van der Waals surface area (Å²) in [5.41, 5.74) is 6.66. The van der Waals surface area contributed by atoms with Gasteiger partial charge < -0.3 is 20.7 Å². The van der Waals surface area contributed by atoms with E-state index in [2.05, 4.69) is 10.4 Å². The van der Waals surface area contributed by atoms with Crippen LogP contribution >= 0.6 is 0 Å². The fourth-order valence-electron chi connectivity index (χ4n) is 5.06. The van der Waals surface area contributed by atoms with Gasteiger partial charge in [-0.3, -0.25) is 9.59 Å². The van der Waals surface area contributed by atoms with Gasteiger partial charge >= 0.3 is 0 Å². The lowest BCUT2D eigenvalue weighted by atomic mass is 9.73. The van der Waals surface area contributed by atoms with Gasteiger partial charge in [0, 0.05) is 31.2 Å². The maximum absolute atomic E-state index is 13.1. The minimum absolute atomic E-state index is 0.00177. The lowest BCUT2D eigenvalue weighted by Crippen LogP contribution is -2.43. The van der Waals surface area contributed by atoms with Crippen molar-refractivity contribution < 1.29 is 14.3 Å². The van der Waals surface area contributed by atoms with Crippen LogP contribution in [0, 0.1) is 11.8 Å². The van der Waals surface area contributed by atoms with E-state index < -0.39 is 17.4 Å². The summed E-state index contributed by atoms with van der Waals surface area (Å²) < 4.78 is 7.94. The molecular weight excluding hydrogens is 358 g/mol. The Hall–Kier alpha value is -2.71. The number of hydrogen-bond acceptors (Lipinski definition) is 5. The first-order chi connectivity index (χ1) is 13.6.